The molecule has 0 aliphatic heterocycles. The summed E-state index contributed by atoms with van der Waals surface area (Å²) in [5.74, 6) is -1.04. The van der Waals surface area contributed by atoms with E-state index >= 15 is 0 Å². The second-order valence-corrected chi connectivity index (χ2v) is 4.67. The van der Waals surface area contributed by atoms with Gasteiger partial charge in [0.1, 0.15) is 6.04 Å². The third kappa shape index (κ3) is 3.09. The number of carbonyl (C=O) groups excluding carboxylic acids is 1. The highest BCUT2D eigenvalue weighted by Crippen LogP contribution is 2.32. The minimum absolute atomic E-state index is 0.114. The van der Waals surface area contributed by atoms with Crippen molar-refractivity contribution in [2.75, 3.05) is 0 Å². The van der Waals surface area contributed by atoms with E-state index in [1.165, 1.54) is 0 Å². The summed E-state index contributed by atoms with van der Waals surface area (Å²) >= 11 is 0. The van der Waals surface area contributed by atoms with Crippen molar-refractivity contribution in [1.82, 2.24) is 15.1 Å². The number of hydrogen-bond acceptors (Lipinski definition) is 3. The van der Waals surface area contributed by atoms with Crippen molar-refractivity contribution in [3.63, 3.8) is 0 Å². The summed E-state index contributed by atoms with van der Waals surface area (Å²) in [5, 5.41) is 15.6. The number of aromatic nitrogens is 2. The summed E-state index contributed by atoms with van der Waals surface area (Å²) in [6.07, 6.45) is 4.31. The fourth-order valence-electron chi connectivity index (χ4n) is 1.94. The van der Waals surface area contributed by atoms with Crippen molar-refractivity contribution in [3.05, 3.63) is 18.0 Å². The molecule has 0 radical (unpaired) electrons. The van der Waals surface area contributed by atoms with Gasteiger partial charge in [-0.3, -0.25) is 9.48 Å². The lowest BCUT2D eigenvalue weighted by molar-refractivity contribution is -0.142. The van der Waals surface area contributed by atoms with Crippen LogP contribution in [0, 0.1) is 5.92 Å². The molecule has 18 heavy (non-hydrogen) atoms. The maximum Gasteiger partial charge on any atom is 0.326 e. The van der Waals surface area contributed by atoms with Crippen LogP contribution in [0.3, 0.4) is 0 Å². The molecule has 0 saturated heterocycles. The van der Waals surface area contributed by atoms with E-state index in [1.807, 2.05) is 13.1 Å². The van der Waals surface area contributed by atoms with Gasteiger partial charge in [0.05, 0.1) is 0 Å². The number of carbonyl (C=O) groups is 2. The van der Waals surface area contributed by atoms with Crippen LogP contribution < -0.4 is 5.32 Å². The Kier molecular flexibility index (Phi) is 3.64. The lowest BCUT2D eigenvalue weighted by Gasteiger charge is -2.13. The molecule has 1 aliphatic carbocycles. The predicted octanol–water partition coefficient (Wildman–Crippen LogP) is 0.332. The van der Waals surface area contributed by atoms with Crippen molar-refractivity contribution in [2.24, 2.45) is 13.0 Å². The standard InChI is InChI=1S/C12H17N3O3/c1-15-9(6-7-13-15)4-5-10(16)14-11(12(17)18)8-2-3-8/h6-8,11H,2-5H2,1H3,(H,14,16)(H,17,18). The number of carboxylic acid groups (broad SMARTS) is 1. The fourth-order valence-corrected chi connectivity index (χ4v) is 1.94. The average molecular weight is 251 g/mol. The molecule has 98 valence electrons. The summed E-state index contributed by atoms with van der Waals surface area (Å²) < 4.78 is 1.71. The average Bonchev–Trinajstić information content (AvgIpc) is 3.07. The minimum Gasteiger partial charge on any atom is -0.480 e. The molecular formula is C12H17N3O3. The Morgan fingerprint density at radius 2 is 2.33 bits per heavy atom. The Labute approximate surface area is 105 Å². The van der Waals surface area contributed by atoms with Crippen molar-refractivity contribution in [1.29, 1.82) is 0 Å². The SMILES string of the molecule is Cn1nccc1CCC(=O)NC(C(=O)O)C1CC1. The number of nitrogens with one attached hydrogen (secondary N) is 1. The summed E-state index contributed by atoms with van der Waals surface area (Å²) in [5.41, 5.74) is 0.962. The van der Waals surface area contributed by atoms with E-state index in [4.69, 9.17) is 5.11 Å². The van der Waals surface area contributed by atoms with Crippen LogP contribution in [0.2, 0.25) is 0 Å². The molecule has 1 fully saturated rings. The van der Waals surface area contributed by atoms with Crippen molar-refractivity contribution in [2.45, 2.75) is 31.7 Å². The largest absolute Gasteiger partial charge is 0.480 e. The normalized spacial score (nSPS) is 16.3. The van der Waals surface area contributed by atoms with Crippen LogP contribution in [0.5, 0.6) is 0 Å². The van der Waals surface area contributed by atoms with Gasteiger partial charge in [0.25, 0.3) is 0 Å². The van der Waals surface area contributed by atoms with E-state index in [2.05, 4.69) is 10.4 Å². The highest BCUT2D eigenvalue weighted by atomic mass is 16.4. The van der Waals surface area contributed by atoms with Gasteiger partial charge in [-0.25, -0.2) is 4.79 Å². The van der Waals surface area contributed by atoms with Crippen LogP contribution >= 0.6 is 0 Å². The first-order chi connectivity index (χ1) is 8.58. The van der Waals surface area contributed by atoms with Crippen LogP contribution in [-0.2, 0) is 23.1 Å². The van der Waals surface area contributed by atoms with Gasteiger partial charge in [-0.15, -0.1) is 0 Å². The smallest absolute Gasteiger partial charge is 0.326 e. The van der Waals surface area contributed by atoms with Crippen molar-refractivity contribution >= 4 is 11.9 Å². The Hall–Kier alpha value is -1.85. The lowest BCUT2D eigenvalue weighted by Crippen LogP contribution is -2.42. The molecule has 1 aromatic heterocycles. The quantitative estimate of drug-likeness (QED) is 0.763. The van der Waals surface area contributed by atoms with Gasteiger partial charge in [-0.2, -0.15) is 5.10 Å². The Morgan fingerprint density at radius 1 is 1.61 bits per heavy atom. The highest BCUT2D eigenvalue weighted by Gasteiger charge is 2.37. The number of carboxylic acids is 1. The molecule has 0 spiro atoms. The van der Waals surface area contributed by atoms with Gasteiger partial charge >= 0.3 is 5.97 Å². The van der Waals surface area contributed by atoms with E-state index in [0.717, 1.165) is 18.5 Å². The monoisotopic (exact) mass is 251 g/mol. The molecule has 1 heterocycles. The molecule has 1 atom stereocenters. The Bertz CT molecular complexity index is 451. The van der Waals surface area contributed by atoms with Crippen molar-refractivity contribution in [3.8, 4) is 0 Å². The number of hydrogen-bond donors (Lipinski definition) is 2. The summed E-state index contributed by atoms with van der Waals surface area (Å²) in [4.78, 5) is 22.7. The summed E-state index contributed by atoms with van der Waals surface area (Å²) in [6.45, 7) is 0. The second kappa shape index (κ2) is 5.20. The molecule has 2 rings (SSSR count). The predicted molar refractivity (Wildman–Crippen MR) is 63.8 cm³/mol. The Balaban J connectivity index is 1.81. The number of aliphatic carboxylic acids is 1. The maximum atomic E-state index is 11.7. The molecule has 0 aromatic carbocycles. The molecule has 6 nitrogen and oxygen atoms in total. The first kappa shape index (κ1) is 12.6. The first-order valence-corrected chi connectivity index (χ1v) is 6.07. The van der Waals surface area contributed by atoms with Gasteiger partial charge in [0, 0.05) is 25.4 Å². The maximum absolute atomic E-state index is 11.7. The third-order valence-corrected chi connectivity index (χ3v) is 3.21. The zero-order valence-electron chi connectivity index (χ0n) is 10.3. The van der Waals surface area contributed by atoms with E-state index < -0.39 is 12.0 Å². The molecule has 0 bridgehead atoms. The number of amides is 1. The zero-order valence-corrected chi connectivity index (χ0v) is 10.3. The van der Waals surface area contributed by atoms with Gasteiger partial charge < -0.3 is 10.4 Å². The van der Waals surface area contributed by atoms with Crippen LogP contribution in [0.4, 0.5) is 0 Å². The molecule has 6 heteroatoms. The fraction of sp³-hybridized carbons (Fsp3) is 0.583. The van der Waals surface area contributed by atoms with Gasteiger partial charge in [-0.1, -0.05) is 0 Å². The zero-order chi connectivity index (χ0) is 13.1. The second-order valence-electron chi connectivity index (χ2n) is 4.67. The van der Waals surface area contributed by atoms with E-state index in [-0.39, 0.29) is 18.2 Å². The van der Waals surface area contributed by atoms with Gasteiger partial charge in [-0.05, 0) is 31.2 Å². The summed E-state index contributed by atoms with van der Waals surface area (Å²) in [7, 11) is 1.82. The minimum atomic E-state index is -0.939. The van der Waals surface area contributed by atoms with E-state index in [9.17, 15) is 9.59 Å². The molecule has 1 amide bonds. The number of rotatable bonds is 6. The molecular weight excluding hydrogens is 234 g/mol. The molecule has 1 aliphatic rings. The summed E-state index contributed by atoms with van der Waals surface area (Å²) in [6, 6.07) is 1.13. The van der Waals surface area contributed by atoms with E-state index in [1.54, 1.807) is 10.9 Å². The number of aryl methyl sites for hydroxylation is 2. The Morgan fingerprint density at radius 3 is 2.83 bits per heavy atom. The highest BCUT2D eigenvalue weighted by molar-refractivity contribution is 5.84. The molecule has 2 N–H and O–H groups in total. The number of nitrogens with zero attached hydrogens (tertiary/aromatic N) is 2. The van der Waals surface area contributed by atoms with Gasteiger partial charge in [0.15, 0.2) is 0 Å². The van der Waals surface area contributed by atoms with Crippen LogP contribution in [0.25, 0.3) is 0 Å². The first-order valence-electron chi connectivity index (χ1n) is 6.07. The van der Waals surface area contributed by atoms with E-state index in [0.29, 0.717) is 6.42 Å². The lowest BCUT2D eigenvalue weighted by atomic mass is 10.1. The third-order valence-electron chi connectivity index (χ3n) is 3.21. The molecule has 1 aromatic rings. The molecule has 1 unspecified atom stereocenters. The van der Waals surface area contributed by atoms with Crippen LogP contribution in [0.1, 0.15) is 25.0 Å². The van der Waals surface area contributed by atoms with Gasteiger partial charge in [0.2, 0.25) is 5.91 Å². The van der Waals surface area contributed by atoms with Crippen LogP contribution in [0.15, 0.2) is 12.3 Å². The molecule has 1 saturated carbocycles. The van der Waals surface area contributed by atoms with Crippen LogP contribution in [-0.4, -0.2) is 32.8 Å². The topological polar surface area (TPSA) is 84.2 Å². The van der Waals surface area contributed by atoms with Crippen molar-refractivity contribution < 1.29 is 14.7 Å².